The Morgan fingerprint density at radius 2 is 1.77 bits per heavy atom. The van der Waals surface area contributed by atoms with Gasteiger partial charge in [-0.05, 0) is 62.7 Å². The number of carbonyl (C=O) groups excluding carboxylic acids is 3. The third-order valence-corrected chi connectivity index (χ3v) is 4.67. The van der Waals surface area contributed by atoms with Crippen LogP contribution >= 0.6 is 11.6 Å². The molecule has 1 aliphatic heterocycles. The molecule has 4 amide bonds. The third kappa shape index (κ3) is 3.04. The minimum absolute atomic E-state index is 0.0871. The predicted molar refractivity (Wildman–Crippen MR) is 100 cm³/mol. The molecular weight excluding hydrogens is 354 g/mol. The monoisotopic (exact) mass is 371 g/mol. The molecule has 0 unspecified atom stereocenters. The molecule has 1 aromatic carbocycles. The van der Waals surface area contributed by atoms with Crippen molar-refractivity contribution in [3.05, 3.63) is 57.9 Å². The summed E-state index contributed by atoms with van der Waals surface area (Å²) in [6, 6.07) is 7.39. The topological polar surface area (TPSA) is 71.4 Å². The number of rotatable bonds is 3. The van der Waals surface area contributed by atoms with Gasteiger partial charge in [-0.15, -0.1) is 0 Å². The van der Waals surface area contributed by atoms with Crippen LogP contribution in [0.1, 0.15) is 23.9 Å². The van der Waals surface area contributed by atoms with E-state index < -0.39 is 17.8 Å². The smallest absolute Gasteiger partial charge is 0.335 e. The number of hydrogen-bond acceptors (Lipinski definition) is 3. The van der Waals surface area contributed by atoms with E-state index in [9.17, 15) is 14.4 Å². The quantitative estimate of drug-likeness (QED) is 0.663. The molecule has 7 heteroatoms. The average Bonchev–Trinajstić information content (AvgIpc) is 2.86. The lowest BCUT2D eigenvalue weighted by Gasteiger charge is -2.26. The average molecular weight is 372 g/mol. The molecule has 0 bridgehead atoms. The molecule has 2 heterocycles. The lowest BCUT2D eigenvalue weighted by atomic mass is 10.1. The van der Waals surface area contributed by atoms with Crippen LogP contribution in [-0.4, -0.2) is 22.4 Å². The van der Waals surface area contributed by atoms with Crippen molar-refractivity contribution in [1.29, 1.82) is 0 Å². The summed E-state index contributed by atoms with van der Waals surface area (Å²) in [5.41, 5.74) is 3.01. The molecule has 26 heavy (non-hydrogen) atoms. The van der Waals surface area contributed by atoms with E-state index in [4.69, 9.17) is 11.6 Å². The minimum Gasteiger partial charge on any atom is -0.349 e. The zero-order chi connectivity index (χ0) is 19.0. The van der Waals surface area contributed by atoms with Crippen LogP contribution in [0.3, 0.4) is 0 Å². The molecule has 0 atom stereocenters. The summed E-state index contributed by atoms with van der Waals surface area (Å²) in [5.74, 6) is -1.37. The second-order valence-corrected chi connectivity index (χ2v) is 6.44. The summed E-state index contributed by atoms with van der Waals surface area (Å²) in [4.78, 5) is 38.2. The Bertz CT molecular complexity index is 942. The molecule has 1 N–H and O–H groups in total. The van der Waals surface area contributed by atoms with Gasteiger partial charge < -0.3 is 4.57 Å². The number of nitrogens with zero attached hydrogens (tertiary/aromatic N) is 2. The minimum atomic E-state index is -0.779. The Labute approximate surface area is 156 Å². The van der Waals surface area contributed by atoms with Crippen LogP contribution < -0.4 is 10.2 Å². The van der Waals surface area contributed by atoms with E-state index in [2.05, 4.69) is 9.88 Å². The van der Waals surface area contributed by atoms with E-state index in [-0.39, 0.29) is 5.57 Å². The summed E-state index contributed by atoms with van der Waals surface area (Å²) < 4.78 is 2.08. The van der Waals surface area contributed by atoms with Gasteiger partial charge in [0.25, 0.3) is 11.8 Å². The lowest BCUT2D eigenvalue weighted by Crippen LogP contribution is -2.54. The Morgan fingerprint density at radius 1 is 1.12 bits per heavy atom. The van der Waals surface area contributed by atoms with Crippen LogP contribution in [0.4, 0.5) is 10.5 Å². The largest absolute Gasteiger partial charge is 0.349 e. The Kier molecular flexibility index (Phi) is 4.70. The first kappa shape index (κ1) is 17.9. The molecule has 0 aliphatic carbocycles. The van der Waals surface area contributed by atoms with Crippen LogP contribution in [0.5, 0.6) is 0 Å². The van der Waals surface area contributed by atoms with E-state index >= 15 is 0 Å². The highest BCUT2D eigenvalue weighted by molar-refractivity contribution is 6.39. The van der Waals surface area contributed by atoms with E-state index in [1.165, 1.54) is 6.08 Å². The summed E-state index contributed by atoms with van der Waals surface area (Å²) in [5, 5.41) is 2.70. The zero-order valence-electron chi connectivity index (χ0n) is 14.7. The van der Waals surface area contributed by atoms with Crippen molar-refractivity contribution in [3.63, 3.8) is 0 Å². The molecule has 6 nitrogen and oxygen atoms in total. The van der Waals surface area contributed by atoms with E-state index in [1.807, 2.05) is 26.8 Å². The molecule has 1 aliphatic rings. The maximum absolute atomic E-state index is 12.8. The number of hydrogen-bond donors (Lipinski definition) is 1. The molecule has 0 saturated carbocycles. The van der Waals surface area contributed by atoms with Gasteiger partial charge >= 0.3 is 6.03 Å². The highest BCUT2D eigenvalue weighted by Crippen LogP contribution is 2.25. The lowest BCUT2D eigenvalue weighted by molar-refractivity contribution is -0.122. The van der Waals surface area contributed by atoms with Gasteiger partial charge in [-0.25, -0.2) is 9.69 Å². The fraction of sp³-hybridized carbons (Fsp3) is 0.211. The van der Waals surface area contributed by atoms with Gasteiger partial charge in [-0.1, -0.05) is 11.6 Å². The fourth-order valence-electron chi connectivity index (χ4n) is 3.10. The maximum Gasteiger partial charge on any atom is 0.335 e. The van der Waals surface area contributed by atoms with Gasteiger partial charge in [0.05, 0.1) is 5.69 Å². The normalized spacial score (nSPS) is 16.4. The van der Waals surface area contributed by atoms with Gasteiger partial charge in [0.1, 0.15) is 5.57 Å². The molecule has 1 saturated heterocycles. The van der Waals surface area contributed by atoms with Gasteiger partial charge in [-0.3, -0.25) is 14.9 Å². The number of carbonyl (C=O) groups is 3. The van der Waals surface area contributed by atoms with E-state index in [0.717, 1.165) is 28.4 Å². The van der Waals surface area contributed by atoms with E-state index in [0.29, 0.717) is 10.7 Å². The Hall–Kier alpha value is -2.86. The van der Waals surface area contributed by atoms with Crippen molar-refractivity contribution >= 4 is 41.2 Å². The number of benzene rings is 1. The van der Waals surface area contributed by atoms with Gasteiger partial charge in [0.15, 0.2) is 0 Å². The van der Waals surface area contributed by atoms with Crippen molar-refractivity contribution in [3.8, 4) is 0 Å². The number of nitrogens with one attached hydrogen (secondary N) is 1. The molecular formula is C19H18ClN3O3. The maximum atomic E-state index is 12.8. The highest BCUT2D eigenvalue weighted by Gasteiger charge is 2.36. The number of urea groups is 1. The number of halogens is 1. The predicted octanol–water partition coefficient (Wildman–Crippen LogP) is 3.44. The van der Waals surface area contributed by atoms with Crippen LogP contribution in [0.25, 0.3) is 6.08 Å². The first-order valence-corrected chi connectivity index (χ1v) is 8.55. The summed E-state index contributed by atoms with van der Waals surface area (Å²) in [7, 11) is 0. The van der Waals surface area contributed by atoms with Crippen molar-refractivity contribution in [2.24, 2.45) is 0 Å². The number of amides is 4. The second-order valence-electron chi connectivity index (χ2n) is 6.00. The molecule has 0 spiro atoms. The molecule has 1 aromatic heterocycles. The van der Waals surface area contributed by atoms with Crippen LogP contribution in [0.2, 0.25) is 5.02 Å². The highest BCUT2D eigenvalue weighted by atomic mass is 35.5. The zero-order valence-corrected chi connectivity index (χ0v) is 15.4. The molecule has 3 rings (SSSR count). The van der Waals surface area contributed by atoms with Crippen molar-refractivity contribution in [2.45, 2.75) is 27.3 Å². The SMILES string of the molecule is CCn1c(C)cc(C=C2C(=O)NC(=O)N(c3ccc(Cl)cc3)C2=O)c1C. The molecule has 0 radical (unpaired) electrons. The third-order valence-electron chi connectivity index (χ3n) is 4.42. The second kappa shape index (κ2) is 6.80. The van der Waals surface area contributed by atoms with Gasteiger partial charge in [-0.2, -0.15) is 0 Å². The van der Waals surface area contributed by atoms with Gasteiger partial charge in [0.2, 0.25) is 0 Å². The standard InChI is InChI=1S/C19H18ClN3O3/c1-4-22-11(2)9-13(12(22)3)10-16-17(24)21-19(26)23(18(16)25)15-7-5-14(20)6-8-15/h5-10H,4H2,1-3H3,(H,21,24,26). The van der Waals surface area contributed by atoms with Crippen LogP contribution in [0, 0.1) is 13.8 Å². The summed E-state index contributed by atoms with van der Waals surface area (Å²) >= 11 is 5.86. The molecule has 2 aromatic rings. The number of aromatic nitrogens is 1. The Balaban J connectivity index is 2.04. The van der Waals surface area contributed by atoms with Crippen molar-refractivity contribution in [2.75, 3.05) is 4.90 Å². The first-order chi connectivity index (χ1) is 12.3. The van der Waals surface area contributed by atoms with Crippen molar-refractivity contribution in [1.82, 2.24) is 9.88 Å². The van der Waals surface area contributed by atoms with Crippen LogP contribution in [0.15, 0.2) is 35.9 Å². The first-order valence-electron chi connectivity index (χ1n) is 8.17. The van der Waals surface area contributed by atoms with E-state index in [1.54, 1.807) is 24.3 Å². The summed E-state index contributed by atoms with van der Waals surface area (Å²) in [6.45, 7) is 6.70. The van der Waals surface area contributed by atoms with Gasteiger partial charge in [0, 0.05) is 23.0 Å². The molecule has 134 valence electrons. The fourth-order valence-corrected chi connectivity index (χ4v) is 3.22. The van der Waals surface area contributed by atoms with Crippen molar-refractivity contribution < 1.29 is 14.4 Å². The Morgan fingerprint density at radius 3 is 2.35 bits per heavy atom. The number of aryl methyl sites for hydroxylation is 1. The molecule has 1 fully saturated rings. The number of anilines is 1. The number of imide groups is 2. The number of barbiturate groups is 1. The van der Waals surface area contributed by atoms with Crippen LogP contribution in [-0.2, 0) is 16.1 Å². The summed E-state index contributed by atoms with van der Waals surface area (Å²) in [6.07, 6.45) is 1.53.